The van der Waals surface area contributed by atoms with E-state index in [2.05, 4.69) is 5.32 Å². The Morgan fingerprint density at radius 1 is 0.377 bits per heavy atom. The molecule has 1 amide bonds. The van der Waals surface area contributed by atoms with E-state index >= 15 is 0 Å². The van der Waals surface area contributed by atoms with E-state index in [1.807, 2.05) is 0 Å². The van der Waals surface area contributed by atoms with Crippen molar-refractivity contribution in [3.05, 3.63) is 0 Å². The Hall–Kier alpha value is -1.69. The quantitative estimate of drug-likeness (QED) is 0.0682. The molecule has 0 aliphatic carbocycles. The van der Waals surface area contributed by atoms with Crippen LogP contribution in [0, 0.1) is 0 Å². The van der Waals surface area contributed by atoms with Gasteiger partial charge in [0.05, 0.1) is 39.1 Å². The molecule has 6 saturated heterocycles. The molecule has 0 unspecified atom stereocenters. The summed E-state index contributed by atoms with van der Waals surface area (Å²) in [6.45, 7) is -2.65. The molecule has 0 radical (unpaired) electrons. The first-order chi connectivity index (χ1) is 32.6. The summed E-state index contributed by atoms with van der Waals surface area (Å²) >= 11 is 0. The molecule has 0 aromatic heterocycles. The number of hydrogen-bond acceptors (Lipinski definition) is 30. The van der Waals surface area contributed by atoms with Crippen LogP contribution in [0.5, 0.6) is 0 Å². The predicted octanol–water partition coefficient (Wildman–Crippen LogP) is -12.9. The lowest BCUT2D eigenvalue weighted by atomic mass is 9.94. The molecule has 0 aromatic rings. The molecule has 6 heterocycles. The van der Waals surface area contributed by atoms with Crippen LogP contribution in [0.25, 0.3) is 0 Å². The zero-order chi connectivity index (χ0) is 50.9. The first-order valence-electron chi connectivity index (χ1n) is 22.0. The minimum atomic E-state index is -2.13. The van der Waals surface area contributed by atoms with Gasteiger partial charge in [-0.3, -0.25) is 4.79 Å². The number of rotatable bonds is 16. The average molecular weight is 1020 g/mol. The van der Waals surface area contributed by atoms with Crippen LogP contribution < -0.4 is 5.32 Å². The average Bonchev–Trinajstić information content (AvgIpc) is 3.32. The molecule has 31 nitrogen and oxygen atoms in total. The number of aliphatic hydroxyl groups is 18. The van der Waals surface area contributed by atoms with E-state index in [0.717, 1.165) is 6.92 Å². The van der Waals surface area contributed by atoms with Crippen molar-refractivity contribution in [1.29, 1.82) is 0 Å². The molecule has 30 atom stereocenters. The number of amides is 1. The van der Waals surface area contributed by atoms with Crippen molar-refractivity contribution in [1.82, 2.24) is 5.32 Å². The maximum absolute atomic E-state index is 12.7. The summed E-state index contributed by atoms with van der Waals surface area (Å²) in [7, 11) is 0. The second-order valence-corrected chi connectivity index (χ2v) is 17.5. The molecule has 6 aliphatic heterocycles. The first-order valence-corrected chi connectivity index (χ1v) is 22.0. The molecule has 0 saturated carbocycles. The smallest absolute Gasteiger partial charge is 0.217 e. The van der Waals surface area contributed by atoms with Crippen LogP contribution in [-0.4, -0.2) is 315 Å². The van der Waals surface area contributed by atoms with E-state index in [9.17, 15) is 96.7 Å². The van der Waals surface area contributed by atoms with Crippen molar-refractivity contribution in [2.24, 2.45) is 0 Å². The Labute approximate surface area is 390 Å². The lowest BCUT2D eigenvalue weighted by molar-refractivity contribution is -0.407. The molecule has 0 spiro atoms. The summed E-state index contributed by atoms with van der Waals surface area (Å²) in [5, 5.41) is 194. The minimum Gasteiger partial charge on any atom is -0.394 e. The molecule has 19 N–H and O–H groups in total. The monoisotopic (exact) mass is 1020 g/mol. The lowest BCUT2D eigenvalue weighted by Crippen LogP contribution is -2.70. The Morgan fingerprint density at radius 2 is 0.768 bits per heavy atom. The van der Waals surface area contributed by atoms with Gasteiger partial charge < -0.3 is 149 Å². The highest BCUT2D eigenvalue weighted by molar-refractivity contribution is 5.73. The third kappa shape index (κ3) is 11.8. The summed E-state index contributed by atoms with van der Waals surface area (Å²) < 4.78 is 63.5. The third-order valence-corrected chi connectivity index (χ3v) is 12.8. The fourth-order valence-electron chi connectivity index (χ4n) is 8.82. The van der Waals surface area contributed by atoms with Crippen molar-refractivity contribution in [3.8, 4) is 0 Å². The van der Waals surface area contributed by atoms with Crippen LogP contribution in [0.3, 0.4) is 0 Å². The van der Waals surface area contributed by atoms with Gasteiger partial charge in [-0.25, -0.2) is 0 Å². The van der Waals surface area contributed by atoms with Gasteiger partial charge in [0, 0.05) is 6.92 Å². The van der Waals surface area contributed by atoms with Gasteiger partial charge in [0.25, 0.3) is 0 Å². The molecule has 6 rings (SSSR count). The van der Waals surface area contributed by atoms with Crippen LogP contribution in [0.1, 0.15) is 13.8 Å². The number of hydrogen-bond donors (Lipinski definition) is 19. The number of carbonyl (C=O) groups excluding carboxylic acids is 1. The van der Waals surface area contributed by atoms with Gasteiger partial charge in [0.15, 0.2) is 37.7 Å². The van der Waals surface area contributed by atoms with Crippen LogP contribution in [0.2, 0.25) is 0 Å². The second-order valence-electron chi connectivity index (χ2n) is 17.5. The Bertz CT molecular complexity index is 1610. The summed E-state index contributed by atoms with van der Waals surface area (Å²) in [6.07, 6.45) is -55.3. The van der Waals surface area contributed by atoms with E-state index in [1.54, 1.807) is 0 Å². The largest absolute Gasteiger partial charge is 0.394 e. The molecule has 0 aromatic carbocycles. The normalized spacial score (nSPS) is 52.1. The lowest BCUT2D eigenvalue weighted by Gasteiger charge is -2.51. The van der Waals surface area contributed by atoms with E-state index < -0.39 is 223 Å². The van der Waals surface area contributed by atoms with Crippen LogP contribution in [-0.2, 0) is 56.9 Å². The molecule has 402 valence electrons. The summed E-state index contributed by atoms with van der Waals surface area (Å²) in [5.41, 5.74) is 0. The van der Waals surface area contributed by atoms with E-state index in [-0.39, 0.29) is 0 Å². The van der Waals surface area contributed by atoms with Crippen molar-refractivity contribution >= 4 is 5.91 Å². The van der Waals surface area contributed by atoms with Crippen molar-refractivity contribution < 1.29 is 149 Å². The highest BCUT2D eigenvalue weighted by Gasteiger charge is 2.58. The van der Waals surface area contributed by atoms with E-state index in [1.165, 1.54) is 6.92 Å². The minimum absolute atomic E-state index is 0.878. The number of nitrogens with one attached hydrogen (secondary N) is 1. The fraction of sp³-hybridized carbons (Fsp3) is 0.974. The van der Waals surface area contributed by atoms with Crippen molar-refractivity contribution in [3.63, 3.8) is 0 Å². The molecule has 6 fully saturated rings. The molecule has 0 bridgehead atoms. The van der Waals surface area contributed by atoms with Crippen LogP contribution in [0.4, 0.5) is 0 Å². The van der Waals surface area contributed by atoms with Gasteiger partial charge in [-0.15, -0.1) is 0 Å². The Balaban J connectivity index is 1.32. The van der Waals surface area contributed by atoms with Gasteiger partial charge in [0.1, 0.15) is 140 Å². The number of aliphatic hydroxyl groups excluding tert-OH is 18. The Morgan fingerprint density at radius 3 is 1.32 bits per heavy atom. The third-order valence-electron chi connectivity index (χ3n) is 12.8. The van der Waals surface area contributed by atoms with Gasteiger partial charge in [0.2, 0.25) is 5.91 Å². The fourth-order valence-corrected chi connectivity index (χ4v) is 8.82. The molecule has 6 aliphatic rings. The van der Waals surface area contributed by atoms with Gasteiger partial charge in [-0.05, 0) is 6.92 Å². The second kappa shape index (κ2) is 24.1. The molecule has 31 heteroatoms. The topological polar surface area (TPSA) is 495 Å². The molecular weight excluding hydrogens is 950 g/mol. The van der Waals surface area contributed by atoms with Gasteiger partial charge >= 0.3 is 0 Å². The highest BCUT2D eigenvalue weighted by atomic mass is 16.8. The van der Waals surface area contributed by atoms with Crippen LogP contribution in [0.15, 0.2) is 0 Å². The Kier molecular flexibility index (Phi) is 19.8. The van der Waals surface area contributed by atoms with E-state index in [4.69, 9.17) is 52.1 Å². The number of ether oxygens (including phenoxy) is 11. The summed E-state index contributed by atoms with van der Waals surface area (Å²) in [6, 6.07) is -1.84. The SMILES string of the molecule is CC(=O)N[C@H]1[C@H](O[C@H]2[C@H](O[C@H]3[C@H](O)[C@@H](O)[C@H](O)O[C@@H]3CO)O[C@H](CO)[C@H](O)[C@@H]2O)O[C@H](CO)[C@@H](O[C@@H]2O[C@H](CO)[C@H](O)[C@H](O[C@H]3O[C@H](CO)[C@H](O)[C@H](O)[C@H]3O)[C@H]2O[C@@H]2O[C@@H](C)[C@@H](O)[C@@H](O)[C@@H]2O)[C@@H]1O. The summed E-state index contributed by atoms with van der Waals surface area (Å²) in [4.78, 5) is 12.7. The first kappa shape index (κ1) is 56.6. The molecule has 69 heavy (non-hydrogen) atoms. The standard InChI is InChI=1S/C38H65NO30/c1-8-16(46)21(51)26(56)35(59-8)69-32-30(67-36-27(57)22(52)17(47)10(3-40)61-36)19(49)12(5-42)63-38(32)65-28-14(7-44)64-34(15(20(28)50)39-9(2)45)68-31-23(53)18(48)11(4-41)62-37(31)66-29-13(6-43)60-33(58)25(55)24(29)54/h8,10-38,40-44,46-58H,3-7H2,1-2H3,(H,39,45)/t8-,10+,11+,12+,13+,14+,15+,16+,17-,18-,19-,20+,21+,22-,23-,24+,25+,26-,27+,28+,29+,30-,31+,32+,33+,34-,35-,36+,37-,38-/m0/s1. The van der Waals surface area contributed by atoms with Gasteiger partial charge in [-0.1, -0.05) is 0 Å². The maximum atomic E-state index is 12.7. The highest BCUT2D eigenvalue weighted by Crippen LogP contribution is 2.38. The maximum Gasteiger partial charge on any atom is 0.217 e. The number of carbonyl (C=O) groups is 1. The van der Waals surface area contributed by atoms with Crippen molar-refractivity contribution in [2.75, 3.05) is 33.0 Å². The zero-order valence-corrected chi connectivity index (χ0v) is 36.8. The molecular formula is C38H65NO30. The predicted molar refractivity (Wildman–Crippen MR) is 209 cm³/mol. The zero-order valence-electron chi connectivity index (χ0n) is 36.8. The van der Waals surface area contributed by atoms with Crippen molar-refractivity contribution in [2.45, 2.75) is 198 Å². The summed E-state index contributed by atoms with van der Waals surface area (Å²) in [5.74, 6) is -0.878. The van der Waals surface area contributed by atoms with Crippen LogP contribution >= 0.6 is 0 Å². The van der Waals surface area contributed by atoms with Gasteiger partial charge in [-0.2, -0.15) is 0 Å². The van der Waals surface area contributed by atoms with E-state index in [0.29, 0.717) is 0 Å².